The van der Waals surface area contributed by atoms with Crippen molar-refractivity contribution >= 4 is 24.1 Å². The summed E-state index contributed by atoms with van der Waals surface area (Å²) in [4.78, 5) is 25.5. The van der Waals surface area contributed by atoms with Crippen LogP contribution in [0.4, 0.5) is 8.78 Å². The van der Waals surface area contributed by atoms with Gasteiger partial charge >= 0.3 is 0 Å². The van der Waals surface area contributed by atoms with Gasteiger partial charge in [0.05, 0.1) is 5.56 Å². The molecule has 1 aromatic rings. The molecule has 1 aromatic carbocycles. The normalized spacial score (nSPS) is 17.0. The Labute approximate surface area is 134 Å². The average Bonchev–Trinajstić information content (AvgIpc) is 2.97. The van der Waals surface area contributed by atoms with E-state index in [1.54, 1.807) is 11.9 Å². The van der Waals surface area contributed by atoms with Crippen LogP contribution in [0.3, 0.4) is 0 Å². The summed E-state index contributed by atoms with van der Waals surface area (Å²) in [5, 5.41) is 3.17. The highest BCUT2D eigenvalue weighted by Gasteiger charge is 2.23. The number of hydrogen-bond acceptors (Lipinski definition) is 3. The number of carbonyl (C=O) groups excluding carboxylic acids is 2. The van der Waals surface area contributed by atoms with Gasteiger partial charge in [-0.15, -0.1) is 12.4 Å². The van der Waals surface area contributed by atoms with Crippen molar-refractivity contribution in [3.8, 4) is 0 Å². The number of nitrogens with one attached hydrogen (secondary N) is 1. The molecular formula is C15H19ClF2N2O2. The number of carbonyl (C=O) groups is 2. The van der Waals surface area contributed by atoms with E-state index in [1.807, 2.05) is 0 Å². The number of ketones is 1. The molecule has 1 fully saturated rings. The van der Waals surface area contributed by atoms with Crippen molar-refractivity contribution in [1.82, 2.24) is 10.2 Å². The van der Waals surface area contributed by atoms with Crippen LogP contribution in [0.2, 0.25) is 0 Å². The topological polar surface area (TPSA) is 49.4 Å². The highest BCUT2D eigenvalue weighted by atomic mass is 35.5. The maximum atomic E-state index is 13.5. The van der Waals surface area contributed by atoms with Gasteiger partial charge in [0.2, 0.25) is 5.91 Å². The molecule has 0 aliphatic carbocycles. The smallest absolute Gasteiger partial charge is 0.223 e. The number of nitrogens with zero attached hydrogens (tertiary/aromatic N) is 1. The van der Waals surface area contributed by atoms with Gasteiger partial charge < -0.3 is 10.2 Å². The van der Waals surface area contributed by atoms with Crippen molar-refractivity contribution in [3.63, 3.8) is 0 Å². The minimum Gasteiger partial charge on any atom is -0.341 e. The van der Waals surface area contributed by atoms with Crippen molar-refractivity contribution in [3.05, 3.63) is 35.4 Å². The van der Waals surface area contributed by atoms with Gasteiger partial charge in [-0.25, -0.2) is 8.78 Å². The molecule has 1 aliphatic rings. The minimum atomic E-state index is -0.888. The van der Waals surface area contributed by atoms with Crippen molar-refractivity contribution in [2.24, 2.45) is 0 Å². The molecule has 1 amide bonds. The van der Waals surface area contributed by atoms with Crippen molar-refractivity contribution in [2.45, 2.75) is 25.3 Å². The standard InChI is InChI=1S/C15H18F2N2O2.ClH/c1-19(11-6-7-18-9-11)15(21)5-4-14(20)12-3-2-10(16)8-13(12)17;/h2-3,8,11,18H,4-7,9H2,1H3;1H. The molecule has 0 spiro atoms. The first kappa shape index (κ1) is 18.5. The Morgan fingerprint density at radius 3 is 2.64 bits per heavy atom. The van der Waals surface area contributed by atoms with Crippen LogP contribution in [0.25, 0.3) is 0 Å². The Morgan fingerprint density at radius 1 is 1.32 bits per heavy atom. The molecule has 22 heavy (non-hydrogen) atoms. The lowest BCUT2D eigenvalue weighted by molar-refractivity contribution is -0.131. The minimum absolute atomic E-state index is 0. The fourth-order valence-electron chi connectivity index (χ4n) is 2.42. The molecule has 122 valence electrons. The Kier molecular flexibility index (Phi) is 6.90. The number of rotatable bonds is 5. The summed E-state index contributed by atoms with van der Waals surface area (Å²) in [5.41, 5.74) is -0.172. The molecule has 1 unspecified atom stereocenters. The Balaban J connectivity index is 0.00000242. The first-order valence-corrected chi connectivity index (χ1v) is 6.93. The van der Waals surface area contributed by atoms with E-state index in [0.717, 1.165) is 31.6 Å². The van der Waals surface area contributed by atoms with Gasteiger partial charge in [-0.05, 0) is 25.1 Å². The van der Waals surface area contributed by atoms with E-state index in [2.05, 4.69) is 5.32 Å². The monoisotopic (exact) mass is 332 g/mol. The second kappa shape index (κ2) is 8.19. The number of Topliss-reactive ketones (excluding diaryl/α,β-unsaturated/α-hetero) is 1. The largest absolute Gasteiger partial charge is 0.341 e. The molecule has 7 heteroatoms. The molecule has 1 saturated heterocycles. The number of hydrogen-bond donors (Lipinski definition) is 1. The van der Waals surface area contributed by atoms with E-state index in [-0.39, 0.29) is 42.8 Å². The molecule has 4 nitrogen and oxygen atoms in total. The summed E-state index contributed by atoms with van der Waals surface area (Å²) in [6.07, 6.45) is 0.845. The molecule has 1 aliphatic heterocycles. The highest BCUT2D eigenvalue weighted by Crippen LogP contribution is 2.14. The van der Waals surface area contributed by atoms with E-state index >= 15 is 0 Å². The predicted octanol–water partition coefficient (Wildman–Crippen LogP) is 2.17. The first-order chi connectivity index (χ1) is 9.99. The second-order valence-corrected chi connectivity index (χ2v) is 5.20. The molecular weight excluding hydrogens is 314 g/mol. The Morgan fingerprint density at radius 2 is 2.05 bits per heavy atom. The summed E-state index contributed by atoms with van der Waals surface area (Å²) in [6, 6.07) is 2.97. The van der Waals surface area contributed by atoms with Crippen LogP contribution in [0.15, 0.2) is 18.2 Å². The van der Waals surface area contributed by atoms with E-state index in [0.29, 0.717) is 6.07 Å². The summed E-state index contributed by atoms with van der Waals surface area (Å²) in [7, 11) is 1.71. The fourth-order valence-corrected chi connectivity index (χ4v) is 2.42. The summed E-state index contributed by atoms with van der Waals surface area (Å²) < 4.78 is 26.3. The van der Waals surface area contributed by atoms with E-state index < -0.39 is 17.4 Å². The first-order valence-electron chi connectivity index (χ1n) is 6.93. The van der Waals surface area contributed by atoms with Gasteiger partial charge in [0.1, 0.15) is 11.6 Å². The molecule has 1 N–H and O–H groups in total. The van der Waals surface area contributed by atoms with Crippen LogP contribution in [0, 0.1) is 11.6 Å². The van der Waals surface area contributed by atoms with Crippen LogP contribution in [-0.2, 0) is 4.79 Å². The number of amides is 1. The summed E-state index contributed by atoms with van der Waals surface area (Å²) in [6.45, 7) is 1.63. The Hall–Kier alpha value is -1.53. The second-order valence-electron chi connectivity index (χ2n) is 5.20. The summed E-state index contributed by atoms with van der Waals surface area (Å²) >= 11 is 0. The van der Waals surface area contributed by atoms with E-state index in [9.17, 15) is 18.4 Å². The van der Waals surface area contributed by atoms with Gasteiger partial charge in [-0.3, -0.25) is 9.59 Å². The van der Waals surface area contributed by atoms with Crippen molar-refractivity contribution in [1.29, 1.82) is 0 Å². The zero-order chi connectivity index (χ0) is 15.4. The maximum absolute atomic E-state index is 13.5. The van der Waals surface area contributed by atoms with Crippen LogP contribution in [-0.4, -0.2) is 42.8 Å². The van der Waals surface area contributed by atoms with Crippen molar-refractivity contribution in [2.75, 3.05) is 20.1 Å². The molecule has 2 rings (SSSR count). The molecule has 1 atom stereocenters. The lowest BCUT2D eigenvalue weighted by atomic mass is 10.1. The van der Waals surface area contributed by atoms with Crippen LogP contribution < -0.4 is 5.32 Å². The Bertz CT molecular complexity index is 548. The van der Waals surface area contributed by atoms with E-state index in [4.69, 9.17) is 0 Å². The molecule has 0 saturated carbocycles. The zero-order valence-electron chi connectivity index (χ0n) is 12.3. The maximum Gasteiger partial charge on any atom is 0.223 e. The lowest BCUT2D eigenvalue weighted by Gasteiger charge is -2.23. The number of likely N-dealkylation sites (N-methyl/N-ethyl adjacent to an activating group) is 1. The number of halogens is 3. The third-order valence-corrected chi connectivity index (χ3v) is 3.77. The van der Waals surface area contributed by atoms with Crippen LogP contribution >= 0.6 is 12.4 Å². The van der Waals surface area contributed by atoms with Gasteiger partial charge in [-0.1, -0.05) is 0 Å². The SMILES string of the molecule is CN(C(=O)CCC(=O)c1ccc(F)cc1F)C1CCNC1.Cl. The molecule has 0 radical (unpaired) electrons. The average molecular weight is 333 g/mol. The van der Waals surface area contributed by atoms with Gasteiger partial charge in [0, 0.05) is 38.5 Å². The molecule has 0 bridgehead atoms. The third kappa shape index (κ3) is 4.48. The van der Waals surface area contributed by atoms with Gasteiger partial charge in [0.25, 0.3) is 0 Å². The van der Waals surface area contributed by atoms with Gasteiger partial charge in [-0.2, -0.15) is 0 Å². The summed E-state index contributed by atoms with van der Waals surface area (Å²) in [5.74, 6) is -2.24. The van der Waals surface area contributed by atoms with Crippen molar-refractivity contribution < 1.29 is 18.4 Å². The molecule has 1 heterocycles. The van der Waals surface area contributed by atoms with Gasteiger partial charge in [0.15, 0.2) is 5.78 Å². The molecule has 0 aromatic heterocycles. The number of benzene rings is 1. The van der Waals surface area contributed by atoms with Crippen LogP contribution in [0.5, 0.6) is 0 Å². The fraction of sp³-hybridized carbons (Fsp3) is 0.467. The lowest BCUT2D eigenvalue weighted by Crippen LogP contribution is -2.38. The zero-order valence-corrected chi connectivity index (χ0v) is 13.1. The highest BCUT2D eigenvalue weighted by molar-refractivity contribution is 5.98. The van der Waals surface area contributed by atoms with Crippen LogP contribution in [0.1, 0.15) is 29.6 Å². The third-order valence-electron chi connectivity index (χ3n) is 3.77. The quantitative estimate of drug-likeness (QED) is 0.841. The van der Waals surface area contributed by atoms with E-state index in [1.165, 1.54) is 0 Å². The predicted molar refractivity (Wildman–Crippen MR) is 81.2 cm³/mol.